The van der Waals surface area contributed by atoms with Crippen LogP contribution in [0.3, 0.4) is 0 Å². The molecule has 0 aromatic carbocycles. The minimum absolute atomic E-state index is 0.225. The molecule has 42 heavy (non-hydrogen) atoms. The Kier molecular flexibility index (Phi) is 17.6. The van der Waals surface area contributed by atoms with Gasteiger partial charge in [0.05, 0.1) is 10.9 Å². The molecule has 1 N–H and O–H groups in total. The lowest BCUT2D eigenvalue weighted by Gasteiger charge is -2.60. The first-order chi connectivity index (χ1) is 19.7. The quantitative estimate of drug-likeness (QED) is 0.0629. The third kappa shape index (κ3) is 10.4. The van der Waals surface area contributed by atoms with E-state index in [4.69, 9.17) is 4.74 Å². The summed E-state index contributed by atoms with van der Waals surface area (Å²) in [7, 11) is -1.33. The molecule has 0 saturated heterocycles. The van der Waals surface area contributed by atoms with Gasteiger partial charge in [0.15, 0.2) is 4.93 Å². The summed E-state index contributed by atoms with van der Waals surface area (Å²) in [6.45, 7) is 21.3. The molecule has 0 fully saturated rings. The van der Waals surface area contributed by atoms with E-state index in [0.29, 0.717) is 12.2 Å². The maximum Gasteiger partial charge on any atom is 0.307 e. The molecule has 0 aromatic heterocycles. The average molecular weight is 629 g/mol. The van der Waals surface area contributed by atoms with Gasteiger partial charge in [0, 0.05) is 28.9 Å². The fourth-order valence-corrected chi connectivity index (χ4v) is 10.9. The molecule has 5 unspecified atom stereocenters. The summed E-state index contributed by atoms with van der Waals surface area (Å²) in [5.74, 6) is 0.949. The number of unbranched alkanes of at least 4 members (excludes halogenated alkanes) is 10. The lowest BCUT2D eigenvalue weighted by atomic mass is 9.59. The molecule has 0 radical (unpaired) electrons. The SMILES string of the molecule is CCCCCCCCSC1(OC(=O)CC)C=C(C(C)(C)C)C(O)C(S(=O)CCCCCCCC)(C(C)(C)C)C1CCC. The molecule has 6 heteroatoms. The first kappa shape index (κ1) is 39.7. The van der Waals surface area contributed by atoms with Gasteiger partial charge < -0.3 is 9.84 Å². The van der Waals surface area contributed by atoms with Crippen LogP contribution in [0.1, 0.15) is 166 Å². The van der Waals surface area contributed by atoms with Crippen LogP contribution in [-0.2, 0) is 20.3 Å². The van der Waals surface area contributed by atoms with Crippen molar-refractivity contribution in [1.29, 1.82) is 0 Å². The van der Waals surface area contributed by atoms with Crippen LogP contribution in [0.25, 0.3) is 0 Å². The lowest BCUT2D eigenvalue weighted by Crippen LogP contribution is -2.69. The molecule has 0 saturated carbocycles. The van der Waals surface area contributed by atoms with Crippen molar-refractivity contribution in [2.24, 2.45) is 16.7 Å². The van der Waals surface area contributed by atoms with Crippen molar-refractivity contribution >= 4 is 28.5 Å². The fourth-order valence-electron chi connectivity index (χ4n) is 6.82. The standard InChI is InChI=1S/C36H68O4S2/c1-11-15-17-19-21-23-26-41-35(40-31(37)14-4)28-29(33(5,6)7)32(38)36(34(8,9)10,30(35)25-13-3)42(39)27-24-22-20-18-16-12-2/h28,30,32,38H,11-27H2,1-10H3. The highest BCUT2D eigenvalue weighted by molar-refractivity contribution is 8.00. The van der Waals surface area contributed by atoms with Gasteiger partial charge in [0.2, 0.25) is 0 Å². The van der Waals surface area contributed by atoms with Crippen LogP contribution in [0.2, 0.25) is 0 Å². The summed E-state index contributed by atoms with van der Waals surface area (Å²) in [6.07, 6.45) is 17.1. The highest BCUT2D eigenvalue weighted by atomic mass is 32.2. The summed E-state index contributed by atoms with van der Waals surface area (Å²) in [6, 6.07) is 0. The Hall–Kier alpha value is -0.330. The second-order valence-corrected chi connectivity index (χ2v) is 17.7. The predicted octanol–water partition coefficient (Wildman–Crippen LogP) is 10.4. The van der Waals surface area contributed by atoms with Crippen molar-refractivity contribution in [1.82, 2.24) is 0 Å². The topological polar surface area (TPSA) is 63.6 Å². The van der Waals surface area contributed by atoms with Gasteiger partial charge in [-0.25, -0.2) is 0 Å². The Morgan fingerprint density at radius 2 is 1.38 bits per heavy atom. The first-order valence-electron chi connectivity index (χ1n) is 17.3. The molecule has 1 aliphatic carbocycles. The van der Waals surface area contributed by atoms with Gasteiger partial charge in [-0.3, -0.25) is 9.00 Å². The van der Waals surface area contributed by atoms with Gasteiger partial charge in [-0.1, -0.05) is 140 Å². The van der Waals surface area contributed by atoms with Crippen molar-refractivity contribution in [2.75, 3.05) is 11.5 Å². The van der Waals surface area contributed by atoms with E-state index < -0.39 is 32.0 Å². The molecule has 0 heterocycles. The van der Waals surface area contributed by atoms with E-state index in [9.17, 15) is 14.1 Å². The van der Waals surface area contributed by atoms with Crippen molar-refractivity contribution in [3.8, 4) is 0 Å². The van der Waals surface area contributed by atoms with Gasteiger partial charge >= 0.3 is 5.97 Å². The lowest BCUT2D eigenvalue weighted by molar-refractivity contribution is -0.156. The van der Waals surface area contributed by atoms with Crippen LogP contribution < -0.4 is 0 Å². The van der Waals surface area contributed by atoms with E-state index in [1.54, 1.807) is 11.8 Å². The number of carbonyl (C=O) groups excluding carboxylic acids is 1. The first-order valence-corrected chi connectivity index (χ1v) is 19.6. The summed E-state index contributed by atoms with van der Waals surface area (Å²) >= 11 is 1.73. The largest absolute Gasteiger partial charge is 0.444 e. The molecule has 1 aliphatic rings. The van der Waals surface area contributed by atoms with E-state index >= 15 is 0 Å². The third-order valence-corrected chi connectivity index (χ3v) is 13.1. The van der Waals surface area contributed by atoms with E-state index in [1.165, 1.54) is 44.9 Å². The number of carbonyl (C=O) groups is 1. The molecule has 0 spiro atoms. The van der Waals surface area contributed by atoms with Crippen LogP contribution in [0, 0.1) is 16.7 Å². The number of aliphatic hydroxyl groups is 1. The zero-order valence-corrected chi connectivity index (χ0v) is 30.9. The normalized spacial score (nSPS) is 25.7. The average Bonchev–Trinajstić information content (AvgIpc) is 2.90. The van der Waals surface area contributed by atoms with Gasteiger partial charge in [-0.05, 0) is 47.5 Å². The van der Waals surface area contributed by atoms with E-state index in [2.05, 4.69) is 68.4 Å². The fraction of sp³-hybridized carbons (Fsp3) is 0.917. The van der Waals surface area contributed by atoms with Crippen LogP contribution in [0.4, 0.5) is 0 Å². The third-order valence-electron chi connectivity index (χ3n) is 9.12. The van der Waals surface area contributed by atoms with Crippen molar-refractivity contribution in [3.63, 3.8) is 0 Å². The summed E-state index contributed by atoms with van der Waals surface area (Å²) in [4.78, 5) is 12.2. The monoisotopic (exact) mass is 628 g/mol. The second kappa shape index (κ2) is 18.6. The van der Waals surface area contributed by atoms with Gasteiger partial charge in [-0.2, -0.15) is 0 Å². The molecule has 248 valence electrons. The van der Waals surface area contributed by atoms with Crippen molar-refractivity contribution in [3.05, 3.63) is 11.6 Å². The Balaban J connectivity index is 3.72. The second-order valence-electron chi connectivity index (χ2n) is 14.6. The maximum atomic E-state index is 14.9. The highest BCUT2D eigenvalue weighted by Gasteiger charge is 2.67. The van der Waals surface area contributed by atoms with Gasteiger partial charge in [0.1, 0.15) is 0 Å². The number of ether oxygens (including phenoxy) is 1. The minimum atomic E-state index is -1.33. The zero-order chi connectivity index (χ0) is 32.0. The Morgan fingerprint density at radius 3 is 1.86 bits per heavy atom. The molecular weight excluding hydrogens is 561 g/mol. The molecular formula is C36H68O4S2. The molecule has 0 aliphatic heterocycles. The molecule has 0 amide bonds. The highest BCUT2D eigenvalue weighted by Crippen LogP contribution is 2.60. The Labute approximate surface area is 267 Å². The Morgan fingerprint density at radius 1 is 0.857 bits per heavy atom. The van der Waals surface area contributed by atoms with E-state index in [1.807, 2.05) is 6.92 Å². The minimum Gasteiger partial charge on any atom is -0.444 e. The molecule has 0 bridgehead atoms. The number of thioether (sulfide) groups is 1. The van der Waals surface area contributed by atoms with E-state index in [0.717, 1.165) is 56.3 Å². The van der Waals surface area contributed by atoms with Crippen molar-refractivity contribution < 1.29 is 18.8 Å². The summed E-state index contributed by atoms with van der Waals surface area (Å²) in [5, 5.41) is 12.5. The van der Waals surface area contributed by atoms with Crippen LogP contribution >= 0.6 is 11.8 Å². The summed E-state index contributed by atoms with van der Waals surface area (Å²) < 4.78 is 20.6. The van der Waals surface area contributed by atoms with Gasteiger partial charge in [-0.15, -0.1) is 11.8 Å². The van der Waals surface area contributed by atoms with E-state index in [-0.39, 0.29) is 17.3 Å². The number of rotatable bonds is 20. The Bertz CT molecular complexity index is 840. The number of aliphatic hydroxyl groups excluding tert-OH is 1. The summed E-state index contributed by atoms with van der Waals surface area (Å²) in [5.41, 5.74) is -0.00287. The molecule has 0 aromatic rings. The number of esters is 1. The zero-order valence-electron chi connectivity index (χ0n) is 29.2. The molecule has 1 rings (SSSR count). The van der Waals surface area contributed by atoms with Gasteiger partial charge in [0.25, 0.3) is 0 Å². The number of hydrogen-bond acceptors (Lipinski definition) is 5. The van der Waals surface area contributed by atoms with Crippen molar-refractivity contribution in [2.45, 2.75) is 181 Å². The predicted molar refractivity (Wildman–Crippen MR) is 185 cm³/mol. The van der Waals surface area contributed by atoms with Crippen LogP contribution in [0.15, 0.2) is 11.6 Å². The maximum absolute atomic E-state index is 14.9. The smallest absolute Gasteiger partial charge is 0.307 e. The molecule has 4 nitrogen and oxygen atoms in total. The van der Waals surface area contributed by atoms with Crippen LogP contribution in [0.5, 0.6) is 0 Å². The molecule has 5 atom stereocenters. The number of hydrogen-bond donors (Lipinski definition) is 1. The van der Waals surface area contributed by atoms with Crippen LogP contribution in [-0.4, -0.2) is 42.6 Å².